The first-order chi connectivity index (χ1) is 15.6. The molecule has 0 saturated carbocycles. The number of benzene rings is 1. The Morgan fingerprint density at radius 2 is 2.06 bits per heavy atom. The zero-order valence-corrected chi connectivity index (χ0v) is 18.6. The highest BCUT2D eigenvalue weighted by atomic mass is 32.1. The fourth-order valence-electron chi connectivity index (χ4n) is 4.12. The lowest BCUT2D eigenvalue weighted by atomic mass is 10.1. The van der Waals surface area contributed by atoms with Crippen LogP contribution in [-0.2, 0) is 11.2 Å². The number of pyridine rings is 1. The minimum absolute atomic E-state index is 0.0590. The third-order valence-corrected chi connectivity index (χ3v) is 7.04. The molecule has 2 amide bonds. The van der Waals surface area contributed by atoms with Gasteiger partial charge in [-0.3, -0.25) is 14.6 Å². The van der Waals surface area contributed by atoms with Crippen LogP contribution >= 0.6 is 11.3 Å². The van der Waals surface area contributed by atoms with Crippen LogP contribution in [0.5, 0.6) is 0 Å². The number of anilines is 2. The summed E-state index contributed by atoms with van der Waals surface area (Å²) in [5.74, 6) is -0.134. The van der Waals surface area contributed by atoms with E-state index < -0.39 is 0 Å². The van der Waals surface area contributed by atoms with Crippen LogP contribution in [-0.4, -0.2) is 49.6 Å². The van der Waals surface area contributed by atoms with Gasteiger partial charge in [0.25, 0.3) is 11.8 Å². The Morgan fingerprint density at radius 3 is 2.81 bits per heavy atom. The predicted molar refractivity (Wildman–Crippen MR) is 126 cm³/mol. The van der Waals surface area contributed by atoms with Crippen molar-refractivity contribution in [3.8, 4) is 10.6 Å². The molecule has 1 aromatic carbocycles. The van der Waals surface area contributed by atoms with E-state index in [4.69, 9.17) is 4.74 Å². The molecule has 1 unspecified atom stereocenters. The van der Waals surface area contributed by atoms with E-state index in [1.807, 2.05) is 49.5 Å². The fourth-order valence-corrected chi connectivity index (χ4v) is 5.24. The normalized spacial score (nSPS) is 17.3. The molecule has 2 aromatic heterocycles. The monoisotopic (exact) mass is 448 g/mol. The second kappa shape index (κ2) is 8.72. The molecule has 3 aromatic rings. The molecule has 4 heterocycles. The van der Waals surface area contributed by atoms with E-state index in [1.165, 1.54) is 11.3 Å². The lowest BCUT2D eigenvalue weighted by molar-refractivity contribution is 0.0932. The number of nitrogens with zero attached hydrogens (tertiary/aromatic N) is 2. The Hall–Kier alpha value is -3.23. The number of nitrogens with one attached hydrogen (secondary N) is 2. The molecule has 1 atom stereocenters. The summed E-state index contributed by atoms with van der Waals surface area (Å²) in [7, 11) is 1.85. The van der Waals surface area contributed by atoms with E-state index in [-0.39, 0.29) is 17.9 Å². The van der Waals surface area contributed by atoms with Gasteiger partial charge in [0, 0.05) is 37.6 Å². The maximum atomic E-state index is 13.4. The molecule has 2 aliphatic heterocycles. The number of fused-ring (bicyclic) bond motifs is 3. The molecule has 2 N–H and O–H groups in total. The molecule has 2 aliphatic rings. The van der Waals surface area contributed by atoms with Crippen LogP contribution in [0.15, 0.2) is 48.7 Å². The van der Waals surface area contributed by atoms with E-state index in [0.717, 1.165) is 33.9 Å². The van der Waals surface area contributed by atoms with Gasteiger partial charge in [0.05, 0.1) is 28.1 Å². The third-order valence-electron chi connectivity index (χ3n) is 5.86. The summed E-state index contributed by atoms with van der Waals surface area (Å²) in [5, 5.41) is 6.13. The number of carbonyl (C=O) groups excluding carboxylic acids is 2. The van der Waals surface area contributed by atoms with Crippen molar-refractivity contribution in [2.24, 2.45) is 0 Å². The molecule has 1 fully saturated rings. The summed E-state index contributed by atoms with van der Waals surface area (Å²) in [6, 6.07) is 13.2. The molecule has 0 spiro atoms. The standard InChI is InChI=1S/C24H24N4O3S/c1-25-17-6-4-15(5-7-17)24(30)28-11-8-16-13-20(23(29)27-18-9-12-31-14-18)32-22(16)21-19(28)3-2-10-26-21/h2-7,10,13,18,25H,8-9,11-12,14H2,1H3,(H,27,29). The molecule has 164 valence electrons. The van der Waals surface area contributed by atoms with E-state index in [0.29, 0.717) is 36.6 Å². The number of carbonyl (C=O) groups is 2. The molecule has 0 radical (unpaired) electrons. The van der Waals surface area contributed by atoms with Crippen molar-refractivity contribution < 1.29 is 14.3 Å². The SMILES string of the molecule is CNc1ccc(C(=O)N2CCc3cc(C(=O)NC4CCOC4)sc3-c3ncccc32)cc1. The Balaban J connectivity index is 1.45. The summed E-state index contributed by atoms with van der Waals surface area (Å²) < 4.78 is 5.36. The van der Waals surface area contributed by atoms with Crippen molar-refractivity contribution >= 4 is 34.5 Å². The van der Waals surface area contributed by atoms with Gasteiger partial charge in [0.1, 0.15) is 5.69 Å². The number of ether oxygens (including phenoxy) is 1. The highest BCUT2D eigenvalue weighted by Gasteiger charge is 2.29. The van der Waals surface area contributed by atoms with Crippen LogP contribution in [0.1, 0.15) is 32.0 Å². The topological polar surface area (TPSA) is 83.6 Å². The van der Waals surface area contributed by atoms with Crippen molar-refractivity contribution in [1.29, 1.82) is 0 Å². The highest BCUT2D eigenvalue weighted by Crippen LogP contribution is 2.40. The molecule has 1 saturated heterocycles. The molecule has 0 bridgehead atoms. The van der Waals surface area contributed by atoms with Crippen LogP contribution in [0.3, 0.4) is 0 Å². The van der Waals surface area contributed by atoms with Crippen molar-refractivity contribution in [3.05, 3.63) is 64.7 Å². The number of amides is 2. The zero-order chi connectivity index (χ0) is 22.1. The van der Waals surface area contributed by atoms with E-state index in [2.05, 4.69) is 15.6 Å². The van der Waals surface area contributed by atoms with Gasteiger partial charge in [-0.2, -0.15) is 0 Å². The first-order valence-electron chi connectivity index (χ1n) is 10.7. The van der Waals surface area contributed by atoms with Gasteiger partial charge in [-0.25, -0.2) is 0 Å². The van der Waals surface area contributed by atoms with Gasteiger partial charge in [-0.1, -0.05) is 0 Å². The van der Waals surface area contributed by atoms with Gasteiger partial charge in [-0.05, 0) is 60.9 Å². The Labute approximate surface area is 190 Å². The average Bonchev–Trinajstić information content (AvgIpc) is 3.47. The quantitative estimate of drug-likeness (QED) is 0.638. The van der Waals surface area contributed by atoms with Crippen LogP contribution in [0.4, 0.5) is 11.4 Å². The number of hydrogen-bond donors (Lipinski definition) is 2. The fraction of sp³-hybridized carbons (Fsp3) is 0.292. The van der Waals surface area contributed by atoms with Gasteiger partial charge in [0.2, 0.25) is 0 Å². The molecular formula is C24H24N4O3S. The predicted octanol–water partition coefficient (Wildman–Crippen LogP) is 3.57. The average molecular weight is 449 g/mol. The zero-order valence-electron chi connectivity index (χ0n) is 17.8. The van der Waals surface area contributed by atoms with E-state index >= 15 is 0 Å². The largest absolute Gasteiger partial charge is 0.388 e. The minimum Gasteiger partial charge on any atom is -0.388 e. The molecule has 5 rings (SSSR count). The number of rotatable bonds is 4. The maximum Gasteiger partial charge on any atom is 0.261 e. The Kier molecular flexibility index (Phi) is 5.63. The van der Waals surface area contributed by atoms with Crippen molar-refractivity contribution in [3.63, 3.8) is 0 Å². The van der Waals surface area contributed by atoms with E-state index in [1.54, 1.807) is 11.1 Å². The summed E-state index contributed by atoms with van der Waals surface area (Å²) in [4.78, 5) is 34.2. The van der Waals surface area contributed by atoms with Crippen LogP contribution in [0.2, 0.25) is 0 Å². The molecule has 32 heavy (non-hydrogen) atoms. The van der Waals surface area contributed by atoms with Crippen LogP contribution < -0.4 is 15.5 Å². The first-order valence-corrected chi connectivity index (χ1v) is 11.5. The second-order valence-corrected chi connectivity index (χ2v) is 8.96. The molecule has 7 nitrogen and oxygen atoms in total. The number of aromatic nitrogens is 1. The number of thiophene rings is 1. The second-order valence-electron chi connectivity index (χ2n) is 7.90. The first kappa shape index (κ1) is 20.7. The van der Waals surface area contributed by atoms with Crippen molar-refractivity contribution in [2.75, 3.05) is 37.0 Å². The van der Waals surface area contributed by atoms with Crippen molar-refractivity contribution in [2.45, 2.75) is 18.9 Å². The highest BCUT2D eigenvalue weighted by molar-refractivity contribution is 7.17. The number of hydrogen-bond acceptors (Lipinski definition) is 6. The molecule has 8 heteroatoms. The van der Waals surface area contributed by atoms with Gasteiger partial charge >= 0.3 is 0 Å². The van der Waals surface area contributed by atoms with Crippen LogP contribution in [0.25, 0.3) is 10.6 Å². The van der Waals surface area contributed by atoms with Crippen LogP contribution in [0, 0.1) is 0 Å². The smallest absolute Gasteiger partial charge is 0.261 e. The summed E-state index contributed by atoms with van der Waals surface area (Å²) in [6.07, 6.45) is 3.23. The lowest BCUT2D eigenvalue weighted by Gasteiger charge is -2.22. The van der Waals surface area contributed by atoms with Gasteiger partial charge < -0.3 is 20.3 Å². The van der Waals surface area contributed by atoms with E-state index in [9.17, 15) is 9.59 Å². The maximum absolute atomic E-state index is 13.4. The minimum atomic E-state index is -0.0754. The molecule has 0 aliphatic carbocycles. The summed E-state index contributed by atoms with van der Waals surface area (Å²) in [6.45, 7) is 1.77. The Bertz CT molecular complexity index is 1150. The molecular weight excluding hydrogens is 424 g/mol. The van der Waals surface area contributed by atoms with Gasteiger partial charge in [-0.15, -0.1) is 11.3 Å². The summed E-state index contributed by atoms with van der Waals surface area (Å²) >= 11 is 1.44. The lowest BCUT2D eigenvalue weighted by Crippen LogP contribution is -2.34. The third kappa shape index (κ3) is 3.87. The van der Waals surface area contributed by atoms with Gasteiger partial charge in [0.15, 0.2) is 0 Å². The summed E-state index contributed by atoms with van der Waals surface area (Å²) in [5.41, 5.74) is 4.14. The Morgan fingerprint density at radius 1 is 1.22 bits per heavy atom. The van der Waals surface area contributed by atoms with Crippen molar-refractivity contribution in [1.82, 2.24) is 10.3 Å².